The summed E-state index contributed by atoms with van der Waals surface area (Å²) in [6.07, 6.45) is 1.63. The van der Waals surface area contributed by atoms with E-state index in [9.17, 15) is 9.59 Å². The van der Waals surface area contributed by atoms with Gasteiger partial charge >= 0.3 is 5.97 Å². The highest BCUT2D eigenvalue weighted by atomic mass is 35.5. The quantitative estimate of drug-likeness (QED) is 0.525. The zero-order valence-corrected chi connectivity index (χ0v) is 15.4. The fourth-order valence-electron chi connectivity index (χ4n) is 2.18. The van der Waals surface area contributed by atoms with Crippen LogP contribution < -0.4 is 10.1 Å². The first-order valence-corrected chi connectivity index (χ1v) is 8.87. The lowest BCUT2D eigenvalue weighted by molar-refractivity contribution is -0.147. The van der Waals surface area contributed by atoms with Gasteiger partial charge in [-0.25, -0.2) is 0 Å². The molecule has 0 heterocycles. The number of hydrogen-bond donors (Lipinski definition) is 1. The second-order valence-corrected chi connectivity index (χ2v) is 6.10. The third-order valence-corrected chi connectivity index (χ3v) is 3.87. The van der Waals surface area contributed by atoms with Gasteiger partial charge in [-0.3, -0.25) is 9.59 Å². The first-order valence-electron chi connectivity index (χ1n) is 8.49. The van der Waals surface area contributed by atoms with Crippen molar-refractivity contribution in [2.24, 2.45) is 0 Å². The Bertz CT molecular complexity index is 714. The molecule has 0 aliphatic heterocycles. The van der Waals surface area contributed by atoms with Crippen LogP contribution in [0.4, 0.5) is 5.69 Å². The van der Waals surface area contributed by atoms with E-state index in [1.54, 1.807) is 24.3 Å². The van der Waals surface area contributed by atoms with Crippen molar-refractivity contribution in [3.05, 3.63) is 59.1 Å². The molecule has 0 radical (unpaired) electrons. The van der Waals surface area contributed by atoms with Gasteiger partial charge in [0.2, 0.25) is 0 Å². The Morgan fingerprint density at radius 3 is 2.38 bits per heavy atom. The summed E-state index contributed by atoms with van der Waals surface area (Å²) in [7, 11) is 0. The summed E-state index contributed by atoms with van der Waals surface area (Å²) in [6.45, 7) is 2.15. The van der Waals surface area contributed by atoms with Crippen LogP contribution in [0.3, 0.4) is 0 Å². The second kappa shape index (κ2) is 10.5. The molecular weight excluding hydrogens is 354 g/mol. The van der Waals surface area contributed by atoms with Crippen LogP contribution in [0.5, 0.6) is 5.75 Å². The van der Waals surface area contributed by atoms with Gasteiger partial charge in [-0.1, -0.05) is 30.7 Å². The zero-order chi connectivity index (χ0) is 18.8. The van der Waals surface area contributed by atoms with E-state index in [1.807, 2.05) is 24.3 Å². The molecule has 26 heavy (non-hydrogen) atoms. The number of carbonyl (C=O) groups excluding carboxylic acids is 2. The van der Waals surface area contributed by atoms with Crippen LogP contribution in [0.1, 0.15) is 25.3 Å². The minimum Gasteiger partial charge on any atom is -0.494 e. The summed E-state index contributed by atoms with van der Waals surface area (Å²) in [6, 6.07) is 14.5. The Balaban J connectivity index is 1.60. The molecule has 0 spiro atoms. The molecule has 0 unspecified atom stereocenters. The van der Waals surface area contributed by atoms with Gasteiger partial charge < -0.3 is 14.8 Å². The van der Waals surface area contributed by atoms with E-state index < -0.39 is 5.97 Å². The summed E-state index contributed by atoms with van der Waals surface area (Å²) in [5, 5.41) is 3.33. The van der Waals surface area contributed by atoms with Crippen LogP contribution >= 0.6 is 11.6 Å². The molecule has 2 rings (SSSR count). The third-order valence-electron chi connectivity index (χ3n) is 3.62. The van der Waals surface area contributed by atoms with Crippen molar-refractivity contribution in [2.75, 3.05) is 18.5 Å². The monoisotopic (exact) mass is 375 g/mol. The molecule has 6 heteroatoms. The van der Waals surface area contributed by atoms with Crippen LogP contribution in [0.2, 0.25) is 5.02 Å². The standard InChI is InChI=1S/C20H22ClNO4/c1-2-15-5-9-17(10-6-15)22-19(23)14-26-20(24)4-3-13-25-18-11-7-16(21)8-12-18/h5-12H,2-4,13-14H2,1H3,(H,22,23). The molecule has 138 valence electrons. The highest BCUT2D eigenvalue weighted by Gasteiger charge is 2.08. The van der Waals surface area contributed by atoms with Crippen molar-refractivity contribution in [3.8, 4) is 5.75 Å². The number of benzene rings is 2. The van der Waals surface area contributed by atoms with Gasteiger partial charge in [0.05, 0.1) is 6.61 Å². The number of esters is 1. The molecule has 0 aromatic heterocycles. The molecule has 0 saturated carbocycles. The first kappa shape index (κ1) is 19.8. The van der Waals surface area contributed by atoms with Crippen LogP contribution in [-0.4, -0.2) is 25.1 Å². The Kier molecular flexibility index (Phi) is 7.96. The number of halogens is 1. The molecule has 0 bridgehead atoms. The van der Waals surface area contributed by atoms with Crippen LogP contribution in [0.15, 0.2) is 48.5 Å². The SMILES string of the molecule is CCc1ccc(NC(=O)COC(=O)CCCOc2ccc(Cl)cc2)cc1. The van der Waals surface area contributed by atoms with Crippen LogP contribution in [0, 0.1) is 0 Å². The van der Waals surface area contributed by atoms with E-state index in [4.69, 9.17) is 21.1 Å². The van der Waals surface area contributed by atoms with Gasteiger partial charge in [0.1, 0.15) is 5.75 Å². The molecule has 1 amide bonds. The minimum absolute atomic E-state index is 0.187. The molecule has 1 N–H and O–H groups in total. The molecule has 0 atom stereocenters. The minimum atomic E-state index is -0.429. The molecule has 5 nitrogen and oxygen atoms in total. The highest BCUT2D eigenvalue weighted by Crippen LogP contribution is 2.15. The lowest BCUT2D eigenvalue weighted by Gasteiger charge is -2.08. The number of aryl methyl sites for hydroxylation is 1. The molecule has 0 aliphatic rings. The maximum absolute atomic E-state index is 11.8. The van der Waals surface area contributed by atoms with Gasteiger partial charge in [0, 0.05) is 17.1 Å². The van der Waals surface area contributed by atoms with Crippen molar-refractivity contribution in [1.82, 2.24) is 0 Å². The van der Waals surface area contributed by atoms with E-state index >= 15 is 0 Å². The summed E-state index contributed by atoms with van der Waals surface area (Å²) in [5.41, 5.74) is 1.87. The van der Waals surface area contributed by atoms with Crippen molar-refractivity contribution in [1.29, 1.82) is 0 Å². The molecular formula is C20H22ClNO4. The Morgan fingerprint density at radius 2 is 1.73 bits per heavy atom. The van der Waals surface area contributed by atoms with Gasteiger partial charge in [-0.2, -0.15) is 0 Å². The Hall–Kier alpha value is -2.53. The molecule has 0 saturated heterocycles. The maximum atomic E-state index is 11.8. The predicted molar refractivity (Wildman–Crippen MR) is 102 cm³/mol. The van der Waals surface area contributed by atoms with Crippen molar-refractivity contribution >= 4 is 29.2 Å². The van der Waals surface area contributed by atoms with Crippen LogP contribution in [-0.2, 0) is 20.7 Å². The number of nitrogens with one attached hydrogen (secondary N) is 1. The lowest BCUT2D eigenvalue weighted by atomic mass is 10.1. The fraction of sp³-hybridized carbons (Fsp3) is 0.300. The van der Waals surface area contributed by atoms with Crippen molar-refractivity contribution in [3.63, 3.8) is 0 Å². The zero-order valence-electron chi connectivity index (χ0n) is 14.7. The van der Waals surface area contributed by atoms with E-state index in [0.717, 1.165) is 6.42 Å². The Morgan fingerprint density at radius 1 is 1.04 bits per heavy atom. The van der Waals surface area contributed by atoms with Gasteiger partial charge in [-0.05, 0) is 54.8 Å². The number of ether oxygens (including phenoxy) is 2. The van der Waals surface area contributed by atoms with Crippen molar-refractivity contribution < 1.29 is 19.1 Å². The smallest absolute Gasteiger partial charge is 0.306 e. The highest BCUT2D eigenvalue weighted by molar-refractivity contribution is 6.30. The molecule has 2 aromatic rings. The largest absolute Gasteiger partial charge is 0.494 e. The number of anilines is 1. The number of carbonyl (C=O) groups is 2. The van der Waals surface area contributed by atoms with E-state index in [1.165, 1.54) is 5.56 Å². The normalized spacial score (nSPS) is 10.2. The average Bonchev–Trinajstić information content (AvgIpc) is 2.65. The molecule has 2 aromatic carbocycles. The maximum Gasteiger partial charge on any atom is 0.306 e. The summed E-state index contributed by atoms with van der Waals surface area (Å²) in [5.74, 6) is -0.0996. The topological polar surface area (TPSA) is 64.6 Å². The first-order chi connectivity index (χ1) is 12.6. The number of amides is 1. The number of rotatable bonds is 9. The van der Waals surface area contributed by atoms with Gasteiger partial charge in [-0.15, -0.1) is 0 Å². The molecule has 0 fully saturated rings. The van der Waals surface area contributed by atoms with Gasteiger partial charge in [0.25, 0.3) is 5.91 Å². The average molecular weight is 376 g/mol. The lowest BCUT2D eigenvalue weighted by Crippen LogP contribution is -2.21. The van der Waals surface area contributed by atoms with Crippen molar-refractivity contribution in [2.45, 2.75) is 26.2 Å². The van der Waals surface area contributed by atoms with Gasteiger partial charge in [0.15, 0.2) is 6.61 Å². The molecule has 0 aliphatic carbocycles. The number of hydrogen-bond acceptors (Lipinski definition) is 4. The van der Waals surface area contributed by atoms with E-state index in [-0.39, 0.29) is 18.9 Å². The Labute approximate surface area is 158 Å². The predicted octanol–water partition coefficient (Wildman–Crippen LogP) is 4.24. The third kappa shape index (κ3) is 7.15. The summed E-state index contributed by atoms with van der Waals surface area (Å²) in [4.78, 5) is 23.5. The summed E-state index contributed by atoms with van der Waals surface area (Å²) < 4.78 is 10.5. The van der Waals surface area contributed by atoms with E-state index in [2.05, 4.69) is 12.2 Å². The second-order valence-electron chi connectivity index (χ2n) is 5.67. The van der Waals surface area contributed by atoms with E-state index in [0.29, 0.717) is 29.5 Å². The van der Waals surface area contributed by atoms with Crippen LogP contribution in [0.25, 0.3) is 0 Å². The fourth-order valence-corrected chi connectivity index (χ4v) is 2.30. The summed E-state index contributed by atoms with van der Waals surface area (Å²) >= 11 is 5.79.